The predicted molar refractivity (Wildman–Crippen MR) is 110 cm³/mol. The van der Waals surface area contributed by atoms with Gasteiger partial charge < -0.3 is 14.8 Å². The summed E-state index contributed by atoms with van der Waals surface area (Å²) in [6, 6.07) is 1.99. The van der Waals surface area contributed by atoms with Crippen molar-refractivity contribution >= 4 is 23.1 Å². The van der Waals surface area contributed by atoms with Gasteiger partial charge in [0.05, 0.1) is 12.2 Å². The Morgan fingerprint density at radius 1 is 1.29 bits per heavy atom. The maximum atomic E-state index is 13.1. The first kappa shape index (κ1) is 20.8. The number of hydrogen-bond acceptors (Lipinski definition) is 6. The van der Waals surface area contributed by atoms with Gasteiger partial charge in [0.15, 0.2) is 5.78 Å². The molecular formula is C22H29NO4S. The van der Waals surface area contributed by atoms with E-state index < -0.39 is 0 Å². The van der Waals surface area contributed by atoms with Gasteiger partial charge in [-0.3, -0.25) is 4.79 Å². The van der Waals surface area contributed by atoms with Gasteiger partial charge in [0.1, 0.15) is 6.61 Å². The second kappa shape index (κ2) is 8.62. The van der Waals surface area contributed by atoms with Crippen molar-refractivity contribution in [3.8, 4) is 0 Å². The summed E-state index contributed by atoms with van der Waals surface area (Å²) in [7, 11) is 0. The fourth-order valence-corrected chi connectivity index (χ4v) is 4.68. The molecule has 2 heterocycles. The molecule has 0 fully saturated rings. The van der Waals surface area contributed by atoms with Gasteiger partial charge in [-0.05, 0) is 47.6 Å². The lowest BCUT2D eigenvalue weighted by molar-refractivity contribution is -0.141. The molecule has 0 saturated heterocycles. The highest BCUT2D eigenvalue weighted by Crippen LogP contribution is 2.47. The van der Waals surface area contributed by atoms with Crippen LogP contribution in [0, 0.1) is 5.41 Å². The summed E-state index contributed by atoms with van der Waals surface area (Å²) in [6.07, 6.45) is 2.21. The molecule has 1 aliphatic carbocycles. The Balaban J connectivity index is 1.89. The van der Waals surface area contributed by atoms with Crippen molar-refractivity contribution in [2.45, 2.75) is 52.9 Å². The van der Waals surface area contributed by atoms with Crippen LogP contribution in [-0.2, 0) is 19.1 Å². The molecule has 1 unspecified atom stereocenters. The topological polar surface area (TPSA) is 64.6 Å². The van der Waals surface area contributed by atoms with Gasteiger partial charge in [-0.25, -0.2) is 4.79 Å². The van der Waals surface area contributed by atoms with E-state index in [4.69, 9.17) is 9.47 Å². The van der Waals surface area contributed by atoms with Gasteiger partial charge in [0.2, 0.25) is 0 Å². The van der Waals surface area contributed by atoms with Gasteiger partial charge >= 0.3 is 5.97 Å². The van der Waals surface area contributed by atoms with E-state index in [-0.39, 0.29) is 29.7 Å². The number of carbonyl (C=O) groups excluding carboxylic acids is 2. The number of nitrogens with one attached hydrogen (secondary N) is 1. The van der Waals surface area contributed by atoms with E-state index in [0.717, 1.165) is 35.4 Å². The first-order chi connectivity index (χ1) is 13.3. The lowest BCUT2D eigenvalue weighted by Crippen LogP contribution is -2.38. The first-order valence-electron chi connectivity index (χ1n) is 9.85. The van der Waals surface area contributed by atoms with Crippen LogP contribution in [0.1, 0.15) is 58.4 Å². The van der Waals surface area contributed by atoms with Gasteiger partial charge in [0, 0.05) is 35.9 Å². The second-order valence-electron chi connectivity index (χ2n) is 8.23. The summed E-state index contributed by atoms with van der Waals surface area (Å²) in [5.41, 5.74) is 3.84. The number of thiophene rings is 1. The van der Waals surface area contributed by atoms with Crippen molar-refractivity contribution in [1.82, 2.24) is 5.32 Å². The molecule has 0 amide bonds. The minimum atomic E-state index is -0.384. The number of Topliss-reactive ketones (excluding diaryl/α,β-unsaturated/α-hetero) is 1. The molecule has 5 nitrogen and oxygen atoms in total. The zero-order chi connectivity index (χ0) is 20.3. The molecule has 0 radical (unpaired) electrons. The molecule has 0 saturated carbocycles. The third-order valence-corrected chi connectivity index (χ3v) is 5.85. The van der Waals surface area contributed by atoms with E-state index in [9.17, 15) is 9.59 Å². The van der Waals surface area contributed by atoms with Gasteiger partial charge in [-0.1, -0.05) is 20.8 Å². The van der Waals surface area contributed by atoms with E-state index in [1.807, 2.05) is 30.7 Å². The van der Waals surface area contributed by atoms with Crippen molar-refractivity contribution in [3.05, 3.63) is 44.9 Å². The molecule has 28 heavy (non-hydrogen) atoms. The maximum Gasteiger partial charge on any atom is 0.336 e. The summed E-state index contributed by atoms with van der Waals surface area (Å²) in [5.74, 6) is -0.639. The highest BCUT2D eigenvalue weighted by Gasteiger charge is 2.43. The van der Waals surface area contributed by atoms with Crippen LogP contribution in [0.4, 0.5) is 0 Å². The Kier molecular flexibility index (Phi) is 6.40. The Bertz CT molecular complexity index is 805. The van der Waals surface area contributed by atoms with Crippen LogP contribution in [0.25, 0.3) is 0 Å². The lowest BCUT2D eigenvalue weighted by Gasteiger charge is -2.39. The summed E-state index contributed by atoms with van der Waals surface area (Å²) in [5, 5.41) is 7.34. The average Bonchev–Trinajstić information content (AvgIpc) is 3.13. The van der Waals surface area contributed by atoms with Gasteiger partial charge in [0.25, 0.3) is 0 Å². The molecule has 1 aromatic heterocycles. The molecule has 6 heteroatoms. The van der Waals surface area contributed by atoms with Crippen LogP contribution in [-0.4, -0.2) is 31.6 Å². The quantitative estimate of drug-likeness (QED) is 0.542. The molecule has 0 bridgehead atoms. The SMILES string of the molecule is CCCOCCOC(=O)C1=C(C)NC2=C(C(=O)CC(C)(C)C2)C1c1ccsc1. The Morgan fingerprint density at radius 2 is 2.07 bits per heavy atom. The number of ether oxygens (including phenoxy) is 2. The highest BCUT2D eigenvalue weighted by molar-refractivity contribution is 7.08. The zero-order valence-corrected chi connectivity index (χ0v) is 17.9. The van der Waals surface area contributed by atoms with Gasteiger partial charge in [-0.15, -0.1) is 0 Å². The van der Waals surface area contributed by atoms with E-state index >= 15 is 0 Å². The second-order valence-corrected chi connectivity index (χ2v) is 9.01. The normalized spacial score (nSPS) is 21.4. The van der Waals surface area contributed by atoms with E-state index in [1.54, 1.807) is 11.3 Å². The van der Waals surface area contributed by atoms with Crippen LogP contribution >= 0.6 is 11.3 Å². The smallest absolute Gasteiger partial charge is 0.336 e. The average molecular weight is 404 g/mol. The number of hydrogen-bond donors (Lipinski definition) is 1. The number of rotatable bonds is 7. The number of esters is 1. The Labute approximate surface area is 170 Å². The fraction of sp³-hybridized carbons (Fsp3) is 0.545. The number of carbonyl (C=O) groups is 2. The number of ketones is 1. The molecule has 152 valence electrons. The molecule has 1 atom stereocenters. The highest BCUT2D eigenvalue weighted by atomic mass is 32.1. The molecule has 3 rings (SSSR count). The van der Waals surface area contributed by atoms with Crippen molar-refractivity contribution in [3.63, 3.8) is 0 Å². The van der Waals surface area contributed by atoms with E-state index in [0.29, 0.717) is 25.2 Å². The van der Waals surface area contributed by atoms with Gasteiger partial charge in [-0.2, -0.15) is 11.3 Å². The van der Waals surface area contributed by atoms with E-state index in [2.05, 4.69) is 19.2 Å². The van der Waals surface area contributed by atoms with Crippen LogP contribution in [0.15, 0.2) is 39.4 Å². The molecule has 2 aliphatic rings. The third kappa shape index (κ3) is 4.39. The molecular weight excluding hydrogens is 374 g/mol. The van der Waals surface area contributed by atoms with Crippen molar-refractivity contribution in [2.24, 2.45) is 5.41 Å². The summed E-state index contributed by atoms with van der Waals surface area (Å²) >= 11 is 1.57. The van der Waals surface area contributed by atoms with Crippen molar-refractivity contribution in [2.75, 3.05) is 19.8 Å². The number of allylic oxidation sites excluding steroid dienone is 3. The monoisotopic (exact) mass is 403 g/mol. The van der Waals surface area contributed by atoms with Crippen LogP contribution in [0.5, 0.6) is 0 Å². The Morgan fingerprint density at radius 3 is 2.75 bits per heavy atom. The number of dihydropyridines is 1. The minimum absolute atomic E-state index is 0.0863. The molecule has 1 aromatic rings. The zero-order valence-electron chi connectivity index (χ0n) is 17.1. The molecule has 0 aromatic carbocycles. The summed E-state index contributed by atoms with van der Waals surface area (Å²) < 4.78 is 10.9. The van der Waals surface area contributed by atoms with Crippen molar-refractivity contribution in [1.29, 1.82) is 0 Å². The summed E-state index contributed by atoms with van der Waals surface area (Å²) in [6.45, 7) is 9.37. The van der Waals surface area contributed by atoms with Crippen LogP contribution in [0.3, 0.4) is 0 Å². The van der Waals surface area contributed by atoms with Crippen LogP contribution < -0.4 is 5.32 Å². The molecule has 1 N–H and O–H groups in total. The first-order valence-corrected chi connectivity index (χ1v) is 10.8. The largest absolute Gasteiger partial charge is 0.460 e. The van der Waals surface area contributed by atoms with Crippen LogP contribution in [0.2, 0.25) is 0 Å². The fourth-order valence-electron chi connectivity index (χ4n) is 4.00. The molecule has 0 spiro atoms. The maximum absolute atomic E-state index is 13.1. The Hall–Kier alpha value is -1.92. The summed E-state index contributed by atoms with van der Waals surface area (Å²) in [4.78, 5) is 26.0. The lowest BCUT2D eigenvalue weighted by atomic mass is 9.69. The minimum Gasteiger partial charge on any atom is -0.460 e. The van der Waals surface area contributed by atoms with Crippen molar-refractivity contribution < 1.29 is 19.1 Å². The standard InChI is InChI=1S/C22H29NO4S/c1-5-7-26-8-9-27-21(25)18-14(2)23-16-11-22(3,4)12-17(24)20(16)19(18)15-6-10-28-13-15/h6,10,13,19,23H,5,7-9,11-12H2,1-4H3. The third-order valence-electron chi connectivity index (χ3n) is 5.15. The van der Waals surface area contributed by atoms with E-state index in [1.165, 1.54) is 0 Å². The molecule has 1 aliphatic heterocycles. The predicted octanol–water partition coefficient (Wildman–Crippen LogP) is 4.32.